The minimum Gasteiger partial charge on any atom is -0.493 e. The van der Waals surface area contributed by atoms with Gasteiger partial charge in [-0.15, -0.1) is 0 Å². The number of aromatic nitrogens is 1. The molecule has 0 fully saturated rings. The smallest absolute Gasteiger partial charge is 0.289 e. The monoisotopic (exact) mass is 324 g/mol. The predicted molar refractivity (Wildman–Crippen MR) is 91.9 cm³/mol. The fraction of sp³-hybridized carbons (Fsp3) is 0.368. The highest BCUT2D eigenvalue weighted by molar-refractivity contribution is 5.79. The molecule has 1 aromatic carbocycles. The van der Waals surface area contributed by atoms with Gasteiger partial charge in [-0.25, -0.2) is 4.98 Å². The zero-order valence-corrected chi connectivity index (χ0v) is 14.3. The van der Waals surface area contributed by atoms with Crippen molar-refractivity contribution in [2.75, 3.05) is 20.0 Å². The molecule has 1 aliphatic carbocycles. The van der Waals surface area contributed by atoms with Crippen molar-refractivity contribution >= 4 is 5.82 Å². The normalized spacial score (nSPS) is 16.2. The summed E-state index contributed by atoms with van der Waals surface area (Å²) >= 11 is 0. The Labute approximate surface area is 142 Å². The van der Waals surface area contributed by atoms with Crippen LogP contribution in [0.1, 0.15) is 30.2 Å². The van der Waals surface area contributed by atoms with E-state index in [1.165, 1.54) is 5.56 Å². The summed E-state index contributed by atoms with van der Waals surface area (Å²) in [5, 5.41) is 9.65. The summed E-state index contributed by atoms with van der Waals surface area (Å²) in [7, 11) is 3.22. The van der Waals surface area contributed by atoms with Crippen LogP contribution in [0.3, 0.4) is 0 Å². The van der Waals surface area contributed by atoms with Gasteiger partial charge in [-0.1, -0.05) is 13.0 Å². The van der Waals surface area contributed by atoms with Gasteiger partial charge < -0.3 is 9.47 Å². The van der Waals surface area contributed by atoms with Crippen LogP contribution < -0.4 is 20.2 Å². The number of benzene rings is 1. The van der Waals surface area contributed by atoms with Gasteiger partial charge >= 0.3 is 0 Å². The second-order valence-corrected chi connectivity index (χ2v) is 6.28. The Hall–Kier alpha value is -2.74. The highest BCUT2D eigenvalue weighted by atomic mass is 16.5. The predicted octanol–water partition coefficient (Wildman–Crippen LogP) is 2.76. The van der Waals surface area contributed by atoms with Crippen molar-refractivity contribution in [3.05, 3.63) is 35.0 Å². The molecule has 0 saturated heterocycles. The minimum absolute atomic E-state index is 0.426. The number of H-pyrrole nitrogens is 1. The third kappa shape index (κ3) is 2.65. The number of aromatic amines is 1. The first-order valence-corrected chi connectivity index (χ1v) is 8.08. The maximum Gasteiger partial charge on any atom is 0.289 e. The van der Waals surface area contributed by atoms with Crippen molar-refractivity contribution in [3.8, 4) is 28.7 Å². The molecule has 0 aliphatic heterocycles. The molecule has 3 rings (SSSR count). The first-order valence-electron chi connectivity index (χ1n) is 8.08. The zero-order chi connectivity index (χ0) is 17.3. The van der Waals surface area contributed by atoms with E-state index in [2.05, 4.69) is 18.0 Å². The number of fused-ring (bicyclic) bond motifs is 1. The van der Waals surface area contributed by atoms with Crippen LogP contribution in [0.25, 0.3) is 11.1 Å². The Kier molecular flexibility index (Phi) is 4.30. The Bertz CT molecular complexity index is 824. The van der Waals surface area contributed by atoms with Crippen molar-refractivity contribution in [1.82, 2.24) is 0 Å². The van der Waals surface area contributed by atoms with Gasteiger partial charge in [0.1, 0.15) is 17.3 Å². The standard InChI is InChI=1S/C19H21N3O2/c1-11-4-6-15-13(8-11)18(14(10-20)19(21)22-15)12-5-7-16(23-2)17(9-12)24-3/h5,7,9,11H,4,6,8H2,1-3H3,(H2,21,22)/p+1/t11-/m1/s1. The molecule has 1 aromatic heterocycles. The fourth-order valence-corrected chi connectivity index (χ4v) is 3.44. The summed E-state index contributed by atoms with van der Waals surface area (Å²) in [6.45, 7) is 2.24. The summed E-state index contributed by atoms with van der Waals surface area (Å²) in [5.41, 5.74) is 10.8. The van der Waals surface area contributed by atoms with Gasteiger partial charge in [0.25, 0.3) is 5.82 Å². The van der Waals surface area contributed by atoms with Gasteiger partial charge in [-0.05, 0) is 36.5 Å². The van der Waals surface area contributed by atoms with Crippen molar-refractivity contribution in [3.63, 3.8) is 0 Å². The van der Waals surface area contributed by atoms with Crippen LogP contribution in [0.15, 0.2) is 18.2 Å². The molecule has 24 heavy (non-hydrogen) atoms. The van der Waals surface area contributed by atoms with Crippen LogP contribution in [0, 0.1) is 17.2 Å². The summed E-state index contributed by atoms with van der Waals surface area (Å²) in [6.07, 6.45) is 3.01. The van der Waals surface area contributed by atoms with Crippen molar-refractivity contribution in [2.45, 2.75) is 26.2 Å². The van der Waals surface area contributed by atoms with E-state index in [4.69, 9.17) is 15.2 Å². The van der Waals surface area contributed by atoms with Crippen LogP contribution in [0.2, 0.25) is 0 Å². The van der Waals surface area contributed by atoms with Crippen LogP contribution in [0.4, 0.5) is 5.82 Å². The summed E-state index contributed by atoms with van der Waals surface area (Å²) < 4.78 is 10.7. The third-order valence-corrected chi connectivity index (χ3v) is 4.69. The number of aryl methyl sites for hydroxylation is 1. The van der Waals surface area contributed by atoms with E-state index < -0.39 is 0 Å². The van der Waals surface area contributed by atoms with Gasteiger partial charge in [-0.3, -0.25) is 5.73 Å². The molecule has 1 aliphatic rings. The molecule has 124 valence electrons. The van der Waals surface area contributed by atoms with Gasteiger partial charge in [0.05, 0.1) is 14.2 Å². The van der Waals surface area contributed by atoms with Crippen LogP contribution in [-0.2, 0) is 12.8 Å². The number of pyridine rings is 1. The van der Waals surface area contributed by atoms with E-state index in [1.807, 2.05) is 18.2 Å². The Balaban J connectivity index is 2.27. The third-order valence-electron chi connectivity index (χ3n) is 4.69. The number of hydrogen-bond donors (Lipinski definition) is 1. The molecule has 0 bridgehead atoms. The number of ether oxygens (including phenoxy) is 2. The largest absolute Gasteiger partial charge is 0.493 e. The fourth-order valence-electron chi connectivity index (χ4n) is 3.44. The average Bonchev–Trinajstić information content (AvgIpc) is 2.60. The molecule has 5 heteroatoms. The first kappa shape index (κ1) is 16.1. The van der Waals surface area contributed by atoms with Gasteiger partial charge in [0, 0.05) is 17.5 Å². The van der Waals surface area contributed by atoms with E-state index in [0.29, 0.717) is 28.8 Å². The summed E-state index contributed by atoms with van der Waals surface area (Å²) in [4.78, 5) is 3.23. The summed E-state index contributed by atoms with van der Waals surface area (Å²) in [5.74, 6) is 2.32. The lowest BCUT2D eigenvalue weighted by Crippen LogP contribution is -2.26. The molecule has 1 heterocycles. The number of nitrogens with two attached hydrogens (primary N) is 1. The number of nitrogens with zero attached hydrogens (tertiary/aromatic N) is 1. The number of nitrogens with one attached hydrogen (secondary N) is 1. The first-order chi connectivity index (χ1) is 11.6. The quantitative estimate of drug-likeness (QED) is 0.941. The number of methoxy groups -OCH3 is 2. The van der Waals surface area contributed by atoms with E-state index >= 15 is 0 Å². The van der Waals surface area contributed by atoms with E-state index in [1.54, 1.807) is 14.2 Å². The lowest BCUT2D eigenvalue weighted by Gasteiger charge is -2.23. The molecule has 0 saturated carbocycles. The number of rotatable bonds is 3. The molecular formula is C19H22N3O2+. The number of nitriles is 1. The average molecular weight is 324 g/mol. The highest BCUT2D eigenvalue weighted by Crippen LogP contribution is 2.39. The molecule has 0 amide bonds. The second-order valence-electron chi connectivity index (χ2n) is 6.28. The lowest BCUT2D eigenvalue weighted by molar-refractivity contribution is -0.375. The molecule has 0 radical (unpaired) electrons. The molecule has 0 unspecified atom stereocenters. The van der Waals surface area contributed by atoms with Gasteiger partial charge in [-0.2, -0.15) is 5.26 Å². The van der Waals surface area contributed by atoms with Crippen LogP contribution in [-0.4, -0.2) is 14.2 Å². The molecule has 3 N–H and O–H groups in total. The SMILES string of the molecule is COc1ccc(-c2c(C#N)c(N)[nH+]c3c2C[C@H](C)CC3)cc1OC. The maximum absolute atomic E-state index is 9.65. The Morgan fingerprint density at radius 3 is 2.67 bits per heavy atom. The number of anilines is 1. The van der Waals surface area contributed by atoms with Crippen molar-refractivity contribution in [1.29, 1.82) is 5.26 Å². The number of nitrogen functional groups attached to an aromatic ring is 1. The number of hydrogen-bond acceptors (Lipinski definition) is 4. The molecule has 5 nitrogen and oxygen atoms in total. The van der Waals surface area contributed by atoms with Gasteiger partial charge in [0.2, 0.25) is 0 Å². The Morgan fingerprint density at radius 1 is 1.25 bits per heavy atom. The van der Waals surface area contributed by atoms with Crippen LogP contribution >= 0.6 is 0 Å². The van der Waals surface area contributed by atoms with Gasteiger partial charge in [0.15, 0.2) is 11.5 Å². The molecule has 1 atom stereocenters. The second kappa shape index (κ2) is 6.40. The minimum atomic E-state index is 0.426. The molecule has 2 aromatic rings. The van der Waals surface area contributed by atoms with E-state index in [-0.39, 0.29) is 0 Å². The van der Waals surface area contributed by atoms with Crippen molar-refractivity contribution < 1.29 is 14.5 Å². The van der Waals surface area contributed by atoms with E-state index in [0.717, 1.165) is 36.1 Å². The Morgan fingerprint density at radius 2 is 2.00 bits per heavy atom. The summed E-state index contributed by atoms with van der Waals surface area (Å²) in [6, 6.07) is 7.99. The molecule has 0 spiro atoms. The maximum atomic E-state index is 9.65. The highest BCUT2D eigenvalue weighted by Gasteiger charge is 2.27. The lowest BCUT2D eigenvalue weighted by atomic mass is 9.82. The van der Waals surface area contributed by atoms with Crippen LogP contribution in [0.5, 0.6) is 11.5 Å². The zero-order valence-electron chi connectivity index (χ0n) is 14.3. The van der Waals surface area contributed by atoms with Crippen molar-refractivity contribution in [2.24, 2.45) is 5.92 Å². The van der Waals surface area contributed by atoms with E-state index in [9.17, 15) is 5.26 Å². The molecular weight excluding hydrogens is 302 g/mol. The topological polar surface area (TPSA) is 82.4 Å².